The summed E-state index contributed by atoms with van der Waals surface area (Å²) in [6.07, 6.45) is 0. The van der Waals surface area contributed by atoms with E-state index in [-0.39, 0.29) is 17.4 Å². The Morgan fingerprint density at radius 2 is 2.00 bits per heavy atom. The lowest BCUT2D eigenvalue weighted by molar-refractivity contribution is -0.0238. The summed E-state index contributed by atoms with van der Waals surface area (Å²) in [7, 11) is 0. The van der Waals surface area contributed by atoms with E-state index < -0.39 is 0 Å². The molecular weight excluding hydrogens is 257 g/mol. The molecule has 0 spiro atoms. The number of ether oxygens (including phenoxy) is 1. The Hall–Kier alpha value is -1.01. The molecule has 1 aliphatic rings. The topological polar surface area (TPSA) is 50.5 Å². The van der Waals surface area contributed by atoms with E-state index in [1.807, 2.05) is 6.07 Å². The van der Waals surface area contributed by atoms with Crippen LogP contribution in [0.4, 0.5) is 4.39 Å². The van der Waals surface area contributed by atoms with Gasteiger partial charge in [-0.25, -0.2) is 4.39 Å². The molecule has 0 radical (unpaired) electrons. The zero-order chi connectivity index (χ0) is 14.8. The highest BCUT2D eigenvalue weighted by molar-refractivity contribution is 5.28. The summed E-state index contributed by atoms with van der Waals surface area (Å²) in [6.45, 7) is 9.32. The molecule has 2 rings (SSSR count). The van der Waals surface area contributed by atoms with Crippen molar-refractivity contribution in [3.63, 3.8) is 0 Å². The maximum atomic E-state index is 13.4. The second-order valence-electron chi connectivity index (χ2n) is 5.86. The smallest absolute Gasteiger partial charge is 0.126 e. The summed E-state index contributed by atoms with van der Waals surface area (Å²) in [5, 5.41) is 0. The van der Waals surface area contributed by atoms with Gasteiger partial charge in [0.15, 0.2) is 0 Å². The van der Waals surface area contributed by atoms with Gasteiger partial charge in [-0.15, -0.1) is 0 Å². The van der Waals surface area contributed by atoms with Crippen LogP contribution in [0.2, 0.25) is 0 Å². The van der Waals surface area contributed by atoms with Crippen molar-refractivity contribution < 1.29 is 9.13 Å². The van der Waals surface area contributed by atoms with Crippen LogP contribution in [0.15, 0.2) is 18.2 Å². The van der Waals surface area contributed by atoms with E-state index in [0.717, 1.165) is 31.9 Å². The van der Waals surface area contributed by atoms with Crippen molar-refractivity contribution in [2.45, 2.75) is 32.4 Å². The molecule has 1 aromatic rings. The molecule has 1 aliphatic heterocycles. The molecule has 0 aliphatic carbocycles. The van der Waals surface area contributed by atoms with Crippen molar-refractivity contribution >= 4 is 0 Å². The average molecular weight is 281 g/mol. The molecular formula is C15H24FN3O. The molecule has 1 heterocycles. The highest BCUT2D eigenvalue weighted by Gasteiger charge is 2.36. The number of hydrogen-bond acceptors (Lipinski definition) is 4. The minimum atomic E-state index is -0.186. The van der Waals surface area contributed by atoms with Crippen molar-refractivity contribution in [3.05, 3.63) is 35.1 Å². The Balaban J connectivity index is 2.27. The zero-order valence-corrected chi connectivity index (χ0v) is 12.4. The summed E-state index contributed by atoms with van der Waals surface area (Å²) >= 11 is 0. The second kappa shape index (κ2) is 6.18. The molecule has 112 valence electrons. The van der Waals surface area contributed by atoms with Gasteiger partial charge in [0.2, 0.25) is 0 Å². The third-order valence-corrected chi connectivity index (χ3v) is 4.21. The molecule has 1 fully saturated rings. The van der Waals surface area contributed by atoms with Gasteiger partial charge in [0.1, 0.15) is 5.82 Å². The normalized spacial score (nSPS) is 19.1. The summed E-state index contributed by atoms with van der Waals surface area (Å²) in [4.78, 5) is 2.36. The summed E-state index contributed by atoms with van der Waals surface area (Å²) in [5.74, 6) is 5.60. The van der Waals surface area contributed by atoms with E-state index >= 15 is 0 Å². The fraction of sp³-hybridized carbons (Fsp3) is 0.600. The number of hydrogen-bond donors (Lipinski definition) is 2. The minimum Gasteiger partial charge on any atom is -0.379 e. The SMILES string of the molecule is Cc1cc(C(NN)C(C)(C)N2CCOCC2)ccc1F. The van der Waals surface area contributed by atoms with E-state index in [9.17, 15) is 4.39 Å². The van der Waals surface area contributed by atoms with Crippen molar-refractivity contribution in [2.24, 2.45) is 5.84 Å². The lowest BCUT2D eigenvalue weighted by Gasteiger charge is -2.45. The van der Waals surface area contributed by atoms with Crippen LogP contribution >= 0.6 is 0 Å². The maximum Gasteiger partial charge on any atom is 0.126 e. The molecule has 4 nitrogen and oxygen atoms in total. The van der Waals surface area contributed by atoms with E-state index in [0.29, 0.717) is 5.56 Å². The highest BCUT2D eigenvalue weighted by atomic mass is 19.1. The molecule has 0 aromatic heterocycles. The Labute approximate surface area is 120 Å². The van der Waals surface area contributed by atoms with Crippen LogP contribution < -0.4 is 11.3 Å². The van der Waals surface area contributed by atoms with Gasteiger partial charge in [-0.3, -0.25) is 16.2 Å². The Bertz CT molecular complexity index is 458. The van der Waals surface area contributed by atoms with Crippen molar-refractivity contribution in [3.8, 4) is 0 Å². The first kappa shape index (κ1) is 15.4. The third kappa shape index (κ3) is 3.01. The quantitative estimate of drug-likeness (QED) is 0.652. The number of aryl methyl sites for hydroxylation is 1. The van der Waals surface area contributed by atoms with Crippen molar-refractivity contribution in [2.75, 3.05) is 26.3 Å². The number of nitrogens with two attached hydrogens (primary N) is 1. The molecule has 3 N–H and O–H groups in total. The van der Waals surface area contributed by atoms with Crippen LogP contribution in [-0.2, 0) is 4.74 Å². The van der Waals surface area contributed by atoms with Gasteiger partial charge in [-0.05, 0) is 38.0 Å². The average Bonchev–Trinajstić information content (AvgIpc) is 2.44. The number of hydrazine groups is 1. The van der Waals surface area contributed by atoms with Crippen LogP contribution in [0.5, 0.6) is 0 Å². The Kier molecular flexibility index (Phi) is 4.75. The maximum absolute atomic E-state index is 13.4. The molecule has 1 saturated heterocycles. The number of benzene rings is 1. The molecule has 0 saturated carbocycles. The molecule has 1 aromatic carbocycles. The summed E-state index contributed by atoms with van der Waals surface area (Å²) < 4.78 is 18.8. The number of nitrogens with one attached hydrogen (secondary N) is 1. The van der Waals surface area contributed by atoms with Gasteiger partial charge in [0.25, 0.3) is 0 Å². The van der Waals surface area contributed by atoms with Gasteiger partial charge in [0.05, 0.1) is 19.3 Å². The van der Waals surface area contributed by atoms with Crippen molar-refractivity contribution in [1.82, 2.24) is 10.3 Å². The first-order valence-corrected chi connectivity index (χ1v) is 7.02. The molecule has 20 heavy (non-hydrogen) atoms. The van der Waals surface area contributed by atoms with Crippen LogP contribution in [0.1, 0.15) is 31.0 Å². The lowest BCUT2D eigenvalue weighted by Crippen LogP contribution is -2.57. The Morgan fingerprint density at radius 1 is 1.35 bits per heavy atom. The monoisotopic (exact) mass is 281 g/mol. The zero-order valence-electron chi connectivity index (χ0n) is 12.4. The summed E-state index contributed by atoms with van der Waals surface area (Å²) in [6, 6.07) is 5.10. The van der Waals surface area contributed by atoms with Crippen LogP contribution in [0, 0.1) is 12.7 Å². The predicted molar refractivity (Wildman–Crippen MR) is 77.7 cm³/mol. The van der Waals surface area contributed by atoms with Crippen LogP contribution in [-0.4, -0.2) is 36.7 Å². The third-order valence-electron chi connectivity index (χ3n) is 4.21. The van der Waals surface area contributed by atoms with E-state index in [4.69, 9.17) is 10.6 Å². The fourth-order valence-corrected chi connectivity index (χ4v) is 2.88. The molecule has 1 atom stereocenters. The molecule has 0 bridgehead atoms. The van der Waals surface area contributed by atoms with Gasteiger partial charge in [-0.1, -0.05) is 12.1 Å². The number of morpholine rings is 1. The standard InChI is InChI=1S/C15H24FN3O/c1-11-10-12(4-5-13(11)16)14(18-17)15(2,3)19-6-8-20-9-7-19/h4-5,10,14,18H,6-9,17H2,1-3H3. The molecule has 1 unspecified atom stereocenters. The first-order chi connectivity index (χ1) is 9.46. The number of halogens is 1. The van der Waals surface area contributed by atoms with Crippen LogP contribution in [0.3, 0.4) is 0 Å². The Morgan fingerprint density at radius 3 is 2.55 bits per heavy atom. The predicted octanol–water partition coefficient (Wildman–Crippen LogP) is 1.75. The molecule has 5 heteroatoms. The van der Waals surface area contributed by atoms with Crippen LogP contribution in [0.25, 0.3) is 0 Å². The van der Waals surface area contributed by atoms with Gasteiger partial charge in [0, 0.05) is 18.6 Å². The van der Waals surface area contributed by atoms with E-state index in [1.54, 1.807) is 13.0 Å². The van der Waals surface area contributed by atoms with Gasteiger partial charge < -0.3 is 4.74 Å². The fourth-order valence-electron chi connectivity index (χ4n) is 2.88. The largest absolute Gasteiger partial charge is 0.379 e. The molecule has 0 amide bonds. The summed E-state index contributed by atoms with van der Waals surface area (Å²) in [5.41, 5.74) is 4.36. The second-order valence-corrected chi connectivity index (χ2v) is 5.86. The number of nitrogens with zero attached hydrogens (tertiary/aromatic N) is 1. The van der Waals surface area contributed by atoms with Gasteiger partial charge >= 0.3 is 0 Å². The highest BCUT2D eigenvalue weighted by Crippen LogP contribution is 2.31. The van der Waals surface area contributed by atoms with Crippen molar-refractivity contribution in [1.29, 1.82) is 0 Å². The van der Waals surface area contributed by atoms with E-state index in [1.165, 1.54) is 6.07 Å². The lowest BCUT2D eigenvalue weighted by atomic mass is 9.86. The minimum absolute atomic E-state index is 0.0695. The number of rotatable bonds is 4. The van der Waals surface area contributed by atoms with Gasteiger partial charge in [-0.2, -0.15) is 0 Å². The first-order valence-electron chi connectivity index (χ1n) is 7.02. The van der Waals surface area contributed by atoms with E-state index in [2.05, 4.69) is 24.2 Å².